The van der Waals surface area contributed by atoms with Crippen molar-refractivity contribution < 1.29 is 33.0 Å². The number of ether oxygens (including phenoxy) is 4. The van der Waals surface area contributed by atoms with E-state index in [4.69, 9.17) is 13.9 Å². The molecule has 27 heavy (non-hydrogen) atoms. The summed E-state index contributed by atoms with van der Waals surface area (Å²) in [5.41, 5.74) is 0.907. The van der Waals surface area contributed by atoms with Crippen molar-refractivity contribution in [1.82, 2.24) is 0 Å². The Morgan fingerprint density at radius 1 is 0.852 bits per heavy atom. The minimum Gasteiger partial charge on any atom is -0.463 e. The molecule has 8 heteroatoms. The summed E-state index contributed by atoms with van der Waals surface area (Å²) >= 11 is 0. The molecule has 0 atom stereocenters. The van der Waals surface area contributed by atoms with Crippen LogP contribution in [0.2, 0.25) is 0 Å². The number of carbonyl (C=O) groups is 2. The Morgan fingerprint density at radius 3 is 2.07 bits per heavy atom. The van der Waals surface area contributed by atoms with Gasteiger partial charge >= 0.3 is 12.3 Å². The summed E-state index contributed by atoms with van der Waals surface area (Å²) in [5, 5.41) is 0.319. The summed E-state index contributed by atoms with van der Waals surface area (Å²) in [7, 11) is 2.40. The lowest BCUT2D eigenvalue weighted by Crippen LogP contribution is -2.08. The Balaban J connectivity index is 1.92. The maximum atomic E-state index is 12.7. The Kier molecular flexibility index (Phi) is 5.07. The summed E-state index contributed by atoms with van der Waals surface area (Å²) < 4.78 is 24.1. The summed E-state index contributed by atoms with van der Waals surface area (Å²) in [4.78, 5) is 35.0. The van der Waals surface area contributed by atoms with Gasteiger partial charge in [0.2, 0.25) is 0 Å². The van der Waals surface area contributed by atoms with Gasteiger partial charge in [0.1, 0.15) is 23.3 Å². The van der Waals surface area contributed by atoms with Crippen molar-refractivity contribution >= 4 is 23.3 Å². The third-order valence-corrected chi connectivity index (χ3v) is 3.65. The smallest absolute Gasteiger partial charge is 0.463 e. The third kappa shape index (κ3) is 3.90. The van der Waals surface area contributed by atoms with Crippen LogP contribution in [0.4, 0.5) is 9.59 Å². The standard InChI is InChI=1S/C19H14O8/c1-23-18(21)26-12-5-3-11(4-6-12)15-10-25-16-9-13(27-19(22)24-2)7-8-14(16)17(15)20/h3-10H,1-2H3. The first-order valence-corrected chi connectivity index (χ1v) is 7.69. The Bertz CT molecular complexity index is 1050. The molecule has 0 fully saturated rings. The van der Waals surface area contributed by atoms with Gasteiger partial charge in [0.15, 0.2) is 5.43 Å². The van der Waals surface area contributed by atoms with Gasteiger partial charge < -0.3 is 23.4 Å². The molecule has 0 radical (unpaired) electrons. The third-order valence-electron chi connectivity index (χ3n) is 3.65. The molecule has 1 aromatic heterocycles. The molecular formula is C19H14O8. The normalized spacial score (nSPS) is 10.3. The fourth-order valence-electron chi connectivity index (χ4n) is 2.35. The maximum absolute atomic E-state index is 12.7. The predicted octanol–water partition coefficient (Wildman–Crippen LogP) is 3.75. The zero-order valence-corrected chi connectivity index (χ0v) is 14.4. The highest BCUT2D eigenvalue weighted by molar-refractivity contribution is 5.83. The molecule has 0 aliphatic carbocycles. The van der Waals surface area contributed by atoms with Crippen LogP contribution in [0.5, 0.6) is 11.5 Å². The van der Waals surface area contributed by atoms with E-state index in [0.29, 0.717) is 16.5 Å². The van der Waals surface area contributed by atoms with E-state index in [1.165, 1.54) is 50.8 Å². The van der Waals surface area contributed by atoms with Gasteiger partial charge in [0.25, 0.3) is 0 Å². The van der Waals surface area contributed by atoms with E-state index in [1.807, 2.05) is 0 Å². The molecular weight excluding hydrogens is 356 g/mol. The van der Waals surface area contributed by atoms with E-state index in [2.05, 4.69) is 9.47 Å². The monoisotopic (exact) mass is 370 g/mol. The number of benzene rings is 2. The molecule has 0 spiro atoms. The Labute approximate surface area is 152 Å². The molecule has 8 nitrogen and oxygen atoms in total. The molecule has 0 aliphatic heterocycles. The zero-order chi connectivity index (χ0) is 19.4. The van der Waals surface area contributed by atoms with E-state index in [1.54, 1.807) is 12.1 Å². The highest BCUT2D eigenvalue weighted by Crippen LogP contribution is 2.25. The minimum absolute atomic E-state index is 0.189. The maximum Gasteiger partial charge on any atom is 0.513 e. The number of fused-ring (bicyclic) bond motifs is 1. The summed E-state index contributed by atoms with van der Waals surface area (Å²) in [6.45, 7) is 0. The molecule has 0 saturated heterocycles. The molecule has 0 aliphatic rings. The van der Waals surface area contributed by atoms with Gasteiger partial charge in [-0.15, -0.1) is 0 Å². The first kappa shape index (κ1) is 18.0. The van der Waals surface area contributed by atoms with Gasteiger partial charge in [0.05, 0.1) is 25.2 Å². The summed E-state index contributed by atoms with van der Waals surface area (Å²) in [6, 6.07) is 10.7. The van der Waals surface area contributed by atoms with Crippen LogP contribution in [0.15, 0.2) is 57.9 Å². The second-order valence-electron chi connectivity index (χ2n) is 5.27. The fourth-order valence-corrected chi connectivity index (χ4v) is 2.35. The van der Waals surface area contributed by atoms with E-state index in [0.717, 1.165) is 0 Å². The highest BCUT2D eigenvalue weighted by atomic mass is 16.7. The van der Waals surface area contributed by atoms with E-state index < -0.39 is 12.3 Å². The van der Waals surface area contributed by atoms with Crippen molar-refractivity contribution in [3.05, 3.63) is 59.0 Å². The van der Waals surface area contributed by atoms with Crippen LogP contribution in [0.25, 0.3) is 22.1 Å². The number of hydrogen-bond acceptors (Lipinski definition) is 8. The molecule has 0 bridgehead atoms. The molecule has 2 aromatic carbocycles. The van der Waals surface area contributed by atoms with Gasteiger partial charge in [0, 0.05) is 6.07 Å². The molecule has 0 N–H and O–H groups in total. The fraction of sp³-hybridized carbons (Fsp3) is 0.105. The molecule has 1 heterocycles. The van der Waals surface area contributed by atoms with Crippen molar-refractivity contribution in [1.29, 1.82) is 0 Å². The van der Waals surface area contributed by atoms with Crippen molar-refractivity contribution in [3.63, 3.8) is 0 Å². The van der Waals surface area contributed by atoms with Gasteiger partial charge in [-0.3, -0.25) is 4.79 Å². The lowest BCUT2D eigenvalue weighted by molar-refractivity contribution is 0.120. The number of rotatable bonds is 3. The number of methoxy groups -OCH3 is 2. The molecule has 0 unspecified atom stereocenters. The van der Waals surface area contributed by atoms with Gasteiger partial charge in [-0.2, -0.15) is 0 Å². The minimum atomic E-state index is -0.873. The molecule has 138 valence electrons. The summed E-state index contributed by atoms with van der Waals surface area (Å²) in [6.07, 6.45) is -0.400. The largest absolute Gasteiger partial charge is 0.513 e. The van der Waals surface area contributed by atoms with Gasteiger partial charge in [-0.05, 0) is 29.8 Å². The number of hydrogen-bond donors (Lipinski definition) is 0. The van der Waals surface area contributed by atoms with Crippen LogP contribution in [-0.4, -0.2) is 26.5 Å². The van der Waals surface area contributed by atoms with Crippen LogP contribution in [0.3, 0.4) is 0 Å². The second-order valence-corrected chi connectivity index (χ2v) is 5.27. The molecule has 0 amide bonds. The van der Waals surface area contributed by atoms with Crippen LogP contribution in [-0.2, 0) is 9.47 Å². The van der Waals surface area contributed by atoms with E-state index in [-0.39, 0.29) is 22.5 Å². The van der Waals surface area contributed by atoms with Crippen molar-refractivity contribution in [2.24, 2.45) is 0 Å². The lowest BCUT2D eigenvalue weighted by Gasteiger charge is -2.06. The van der Waals surface area contributed by atoms with Crippen LogP contribution >= 0.6 is 0 Å². The number of carbonyl (C=O) groups excluding carboxylic acids is 2. The van der Waals surface area contributed by atoms with Crippen LogP contribution in [0.1, 0.15) is 0 Å². The zero-order valence-electron chi connectivity index (χ0n) is 14.4. The van der Waals surface area contributed by atoms with Gasteiger partial charge in [-0.25, -0.2) is 9.59 Å². The SMILES string of the molecule is COC(=O)Oc1ccc(-c2coc3cc(OC(=O)OC)ccc3c2=O)cc1. The highest BCUT2D eigenvalue weighted by Gasteiger charge is 2.12. The Morgan fingerprint density at radius 2 is 1.44 bits per heavy atom. The van der Waals surface area contributed by atoms with E-state index >= 15 is 0 Å². The molecule has 3 aromatic rings. The first-order chi connectivity index (χ1) is 13.0. The molecule has 0 saturated carbocycles. The Hall–Kier alpha value is -3.81. The van der Waals surface area contributed by atoms with Crippen LogP contribution in [0, 0.1) is 0 Å². The average Bonchev–Trinajstić information content (AvgIpc) is 2.69. The molecule has 3 rings (SSSR count). The summed E-state index contributed by atoms with van der Waals surface area (Å²) in [5.74, 6) is 0.468. The quantitative estimate of drug-likeness (QED) is 0.507. The van der Waals surface area contributed by atoms with E-state index in [9.17, 15) is 14.4 Å². The first-order valence-electron chi connectivity index (χ1n) is 7.69. The average molecular weight is 370 g/mol. The van der Waals surface area contributed by atoms with Crippen molar-refractivity contribution in [2.45, 2.75) is 0 Å². The second kappa shape index (κ2) is 7.61. The van der Waals surface area contributed by atoms with Gasteiger partial charge in [-0.1, -0.05) is 12.1 Å². The van der Waals surface area contributed by atoms with Crippen molar-refractivity contribution in [3.8, 4) is 22.6 Å². The van der Waals surface area contributed by atoms with Crippen LogP contribution < -0.4 is 14.9 Å². The van der Waals surface area contributed by atoms with Crippen molar-refractivity contribution in [2.75, 3.05) is 14.2 Å². The lowest BCUT2D eigenvalue weighted by atomic mass is 10.1. The topological polar surface area (TPSA) is 101 Å². The predicted molar refractivity (Wildman–Crippen MR) is 94.0 cm³/mol.